The first kappa shape index (κ1) is 27.4. The van der Waals surface area contributed by atoms with E-state index in [-0.39, 0.29) is 5.56 Å². The molecule has 0 aliphatic carbocycles. The van der Waals surface area contributed by atoms with Crippen molar-refractivity contribution in [3.8, 4) is 11.5 Å². The number of carbonyl (C=O) groups excluding carboxylic acids is 1. The predicted molar refractivity (Wildman–Crippen MR) is 156 cm³/mol. The lowest BCUT2D eigenvalue weighted by Gasteiger charge is -2.24. The number of hydrogen-bond donors (Lipinski definition) is 0. The third-order valence-corrected chi connectivity index (χ3v) is 7.65. The van der Waals surface area contributed by atoms with E-state index >= 15 is 0 Å². The Morgan fingerprint density at radius 1 is 1.05 bits per heavy atom. The molecule has 0 saturated carbocycles. The maximum atomic E-state index is 13.8. The number of benzene rings is 3. The van der Waals surface area contributed by atoms with Gasteiger partial charge in [0, 0.05) is 5.02 Å². The number of aromatic nitrogens is 1. The Morgan fingerprint density at radius 2 is 1.80 bits per heavy atom. The molecule has 0 radical (unpaired) electrons. The van der Waals surface area contributed by atoms with Crippen LogP contribution in [0.3, 0.4) is 0 Å². The van der Waals surface area contributed by atoms with Crippen LogP contribution in [0, 0.1) is 0 Å². The molecule has 0 saturated heterocycles. The summed E-state index contributed by atoms with van der Waals surface area (Å²) >= 11 is 7.25. The average Bonchev–Trinajstić information content (AvgIpc) is 3.26. The van der Waals surface area contributed by atoms with Crippen LogP contribution >= 0.6 is 22.9 Å². The summed E-state index contributed by atoms with van der Waals surface area (Å²) in [7, 11) is 1.33. The molecule has 1 atom stereocenters. The fraction of sp³-hybridized carbons (Fsp3) is 0.194. The highest BCUT2D eigenvalue weighted by Gasteiger charge is 2.32. The lowest BCUT2D eigenvalue weighted by atomic mass is 9.96. The van der Waals surface area contributed by atoms with E-state index in [4.69, 9.17) is 25.8 Å². The molecule has 0 amide bonds. The molecule has 204 valence electrons. The number of allylic oxidation sites excluding steroid dienone is 1. The molecule has 4 aromatic rings. The predicted octanol–water partition coefficient (Wildman–Crippen LogP) is 5.04. The van der Waals surface area contributed by atoms with Gasteiger partial charge in [-0.25, -0.2) is 9.79 Å². The Kier molecular flexibility index (Phi) is 8.19. The molecule has 1 unspecified atom stereocenters. The summed E-state index contributed by atoms with van der Waals surface area (Å²) < 4.78 is 19.0. The number of rotatable bonds is 8. The average molecular weight is 575 g/mol. The quantitative estimate of drug-likeness (QED) is 0.276. The van der Waals surface area contributed by atoms with Crippen LogP contribution < -0.4 is 24.4 Å². The first-order chi connectivity index (χ1) is 19.4. The smallest absolute Gasteiger partial charge is 0.338 e. The van der Waals surface area contributed by atoms with Gasteiger partial charge in [-0.3, -0.25) is 9.36 Å². The molecule has 0 fully saturated rings. The fourth-order valence-corrected chi connectivity index (χ4v) is 5.71. The molecule has 1 aliphatic heterocycles. The van der Waals surface area contributed by atoms with Crippen LogP contribution in [-0.4, -0.2) is 24.3 Å². The van der Waals surface area contributed by atoms with Crippen molar-refractivity contribution in [3.63, 3.8) is 0 Å². The van der Waals surface area contributed by atoms with Gasteiger partial charge in [-0.1, -0.05) is 71.5 Å². The first-order valence-electron chi connectivity index (χ1n) is 12.7. The number of thiazole rings is 1. The van der Waals surface area contributed by atoms with E-state index in [1.165, 1.54) is 18.4 Å². The molecule has 7 nitrogen and oxygen atoms in total. The fourth-order valence-electron chi connectivity index (χ4n) is 4.54. The molecule has 3 aromatic carbocycles. The number of methoxy groups -OCH3 is 1. The second kappa shape index (κ2) is 11.9. The van der Waals surface area contributed by atoms with E-state index in [0.717, 1.165) is 16.7 Å². The van der Waals surface area contributed by atoms with Gasteiger partial charge >= 0.3 is 5.97 Å². The number of esters is 1. The zero-order valence-electron chi connectivity index (χ0n) is 22.2. The minimum absolute atomic E-state index is 0.243. The van der Waals surface area contributed by atoms with Crippen molar-refractivity contribution in [2.75, 3.05) is 13.7 Å². The third kappa shape index (κ3) is 5.59. The van der Waals surface area contributed by atoms with Crippen LogP contribution in [-0.2, 0) is 16.1 Å². The highest BCUT2D eigenvalue weighted by molar-refractivity contribution is 7.07. The van der Waals surface area contributed by atoms with Gasteiger partial charge in [-0.15, -0.1) is 0 Å². The van der Waals surface area contributed by atoms with E-state index in [2.05, 4.69) is 4.99 Å². The summed E-state index contributed by atoms with van der Waals surface area (Å²) in [5.41, 5.74) is 3.17. The molecule has 9 heteroatoms. The topological polar surface area (TPSA) is 79.1 Å². The van der Waals surface area contributed by atoms with Crippen LogP contribution in [0.15, 0.2) is 93.9 Å². The maximum absolute atomic E-state index is 13.8. The minimum atomic E-state index is -0.644. The Labute approximate surface area is 240 Å². The van der Waals surface area contributed by atoms with Crippen molar-refractivity contribution < 1.29 is 19.0 Å². The molecule has 0 spiro atoms. The molecule has 40 heavy (non-hydrogen) atoms. The summed E-state index contributed by atoms with van der Waals surface area (Å²) in [6.45, 7) is 4.47. The Hall–Kier alpha value is -4.14. The van der Waals surface area contributed by atoms with E-state index in [1.807, 2.05) is 79.7 Å². The van der Waals surface area contributed by atoms with Gasteiger partial charge in [0.05, 0.1) is 35.6 Å². The summed E-state index contributed by atoms with van der Waals surface area (Å²) in [5.74, 6) is 0.654. The third-order valence-electron chi connectivity index (χ3n) is 6.42. The standard InChI is InChI=1S/C31H27ClN2O5S/c1-4-38-25-16-21(12-15-24(25)39-18-20-10-13-23(32)14-11-20)17-26-29(35)34-28(22-8-6-5-7-9-22)27(30(36)37-3)19(2)33-31(34)40-26/h5-17,28H,4,18H2,1-3H3. The summed E-state index contributed by atoms with van der Waals surface area (Å²) in [6, 6.07) is 21.8. The lowest BCUT2D eigenvalue weighted by Crippen LogP contribution is -2.39. The van der Waals surface area contributed by atoms with Crippen LogP contribution in [0.25, 0.3) is 6.08 Å². The van der Waals surface area contributed by atoms with Crippen LogP contribution in [0.4, 0.5) is 0 Å². The van der Waals surface area contributed by atoms with Gasteiger partial charge in [0.15, 0.2) is 16.3 Å². The van der Waals surface area contributed by atoms with Gasteiger partial charge < -0.3 is 14.2 Å². The highest BCUT2D eigenvalue weighted by Crippen LogP contribution is 2.31. The number of hydrogen-bond acceptors (Lipinski definition) is 7. The Bertz CT molecular complexity index is 1760. The Morgan fingerprint density at radius 3 is 2.50 bits per heavy atom. The van der Waals surface area contributed by atoms with Crippen molar-refractivity contribution in [1.82, 2.24) is 4.57 Å². The monoisotopic (exact) mass is 574 g/mol. The van der Waals surface area contributed by atoms with E-state index in [1.54, 1.807) is 17.6 Å². The number of carbonyl (C=O) groups is 1. The SMILES string of the molecule is CCOc1cc(C=c2sc3n(c2=O)C(c2ccccc2)C(C(=O)OC)=C(C)N=3)ccc1OCc1ccc(Cl)cc1. The second-order valence-corrected chi connectivity index (χ2v) is 10.5. The molecule has 0 N–H and O–H groups in total. The normalized spacial score (nSPS) is 14.9. The summed E-state index contributed by atoms with van der Waals surface area (Å²) in [4.78, 5) is 31.7. The van der Waals surface area contributed by atoms with Crippen LogP contribution in [0.2, 0.25) is 5.02 Å². The number of ether oxygens (including phenoxy) is 3. The van der Waals surface area contributed by atoms with Crippen molar-refractivity contribution in [2.24, 2.45) is 4.99 Å². The van der Waals surface area contributed by atoms with Gasteiger partial charge in [-0.2, -0.15) is 0 Å². The van der Waals surface area contributed by atoms with Gasteiger partial charge in [0.25, 0.3) is 5.56 Å². The lowest BCUT2D eigenvalue weighted by molar-refractivity contribution is -0.136. The molecule has 1 aliphatic rings. The van der Waals surface area contributed by atoms with Crippen molar-refractivity contribution in [1.29, 1.82) is 0 Å². The van der Waals surface area contributed by atoms with Gasteiger partial charge in [0.1, 0.15) is 6.61 Å². The number of fused-ring (bicyclic) bond motifs is 1. The molecule has 2 heterocycles. The number of nitrogens with zero attached hydrogens (tertiary/aromatic N) is 2. The second-order valence-electron chi connectivity index (χ2n) is 9.04. The molecular weight excluding hydrogens is 548 g/mol. The molecule has 5 rings (SSSR count). The van der Waals surface area contributed by atoms with Crippen molar-refractivity contribution >= 4 is 35.0 Å². The molecular formula is C31H27ClN2O5S. The zero-order valence-corrected chi connectivity index (χ0v) is 23.8. The summed E-state index contributed by atoms with van der Waals surface area (Å²) in [6.07, 6.45) is 1.80. The van der Waals surface area contributed by atoms with Crippen LogP contribution in [0.1, 0.15) is 36.6 Å². The largest absolute Gasteiger partial charge is 0.490 e. The highest BCUT2D eigenvalue weighted by atomic mass is 35.5. The van der Waals surface area contributed by atoms with E-state index in [9.17, 15) is 9.59 Å². The van der Waals surface area contributed by atoms with Crippen molar-refractivity contribution in [2.45, 2.75) is 26.5 Å². The number of halogens is 1. The van der Waals surface area contributed by atoms with Crippen LogP contribution in [0.5, 0.6) is 11.5 Å². The maximum Gasteiger partial charge on any atom is 0.338 e. The first-order valence-corrected chi connectivity index (χ1v) is 13.9. The minimum Gasteiger partial charge on any atom is -0.490 e. The van der Waals surface area contributed by atoms with Gasteiger partial charge in [0.2, 0.25) is 0 Å². The summed E-state index contributed by atoms with van der Waals surface area (Å²) in [5, 5.41) is 0.667. The van der Waals surface area contributed by atoms with Gasteiger partial charge in [-0.05, 0) is 60.9 Å². The zero-order chi connectivity index (χ0) is 28.2. The molecule has 1 aromatic heterocycles. The Balaban J connectivity index is 1.54. The van der Waals surface area contributed by atoms with Crippen molar-refractivity contribution in [3.05, 3.63) is 125 Å². The van der Waals surface area contributed by atoms with E-state index in [0.29, 0.717) is 50.3 Å². The molecule has 0 bridgehead atoms. The van der Waals surface area contributed by atoms with E-state index < -0.39 is 12.0 Å².